The summed E-state index contributed by atoms with van der Waals surface area (Å²) in [6.07, 6.45) is 66.4. The first kappa shape index (κ1) is 61.0. The van der Waals surface area contributed by atoms with Crippen molar-refractivity contribution in [2.45, 2.75) is 264 Å². The molecule has 1 amide bonds. The van der Waals surface area contributed by atoms with E-state index in [4.69, 9.17) is 4.74 Å². The second-order valence-corrected chi connectivity index (χ2v) is 18.0. The lowest BCUT2D eigenvalue weighted by Crippen LogP contribution is -2.46. The third kappa shape index (κ3) is 45.6. The number of unbranched alkanes of at least 4 members (excludes halogenated alkanes) is 26. The fourth-order valence-electron chi connectivity index (χ4n) is 7.80. The van der Waals surface area contributed by atoms with Gasteiger partial charge in [-0.05, 0) is 70.6 Å². The summed E-state index contributed by atoms with van der Waals surface area (Å²) in [5, 5.41) is 23.8. The highest BCUT2D eigenvalue weighted by Crippen LogP contribution is 2.17. The summed E-state index contributed by atoms with van der Waals surface area (Å²) in [5.41, 5.74) is 0. The topological polar surface area (TPSA) is 95.9 Å². The van der Waals surface area contributed by atoms with E-state index in [0.717, 1.165) is 96.3 Å². The smallest absolute Gasteiger partial charge is 0.306 e. The summed E-state index contributed by atoms with van der Waals surface area (Å²) >= 11 is 0. The maximum absolute atomic E-state index is 13.2. The highest BCUT2D eigenvalue weighted by Gasteiger charge is 2.24. The molecule has 368 valence electrons. The Morgan fingerprint density at radius 3 is 1.33 bits per heavy atom. The minimum absolute atomic E-state index is 0.0408. The molecule has 0 heterocycles. The molecule has 0 aliphatic carbocycles. The van der Waals surface area contributed by atoms with Crippen LogP contribution in [-0.4, -0.2) is 46.9 Å². The number of rotatable bonds is 47. The lowest BCUT2D eigenvalue weighted by molar-refractivity contribution is -0.151. The molecule has 64 heavy (non-hydrogen) atoms. The SMILES string of the molecule is CC/C=C/C=C/C=C\CCCCCC(CC(=O)NC(CO)C(O)CCCCCCCCCCCCCCCCCC)OC(=O)CCCCCCC/C=C/C=C/C=C/C=C/CCCCC. The molecule has 6 nitrogen and oxygen atoms in total. The summed E-state index contributed by atoms with van der Waals surface area (Å²) in [5.74, 6) is -0.538. The van der Waals surface area contributed by atoms with E-state index in [0.29, 0.717) is 19.3 Å². The monoisotopic (exact) mass is 892 g/mol. The molecule has 0 rings (SSSR count). The molecule has 0 fully saturated rings. The first-order chi connectivity index (χ1) is 31.5. The predicted molar refractivity (Wildman–Crippen MR) is 278 cm³/mol. The van der Waals surface area contributed by atoms with Crippen molar-refractivity contribution < 1.29 is 24.5 Å². The molecule has 0 aromatic rings. The summed E-state index contributed by atoms with van der Waals surface area (Å²) in [7, 11) is 0. The van der Waals surface area contributed by atoms with Crippen LogP contribution in [0.5, 0.6) is 0 Å². The Hall–Kier alpha value is -2.96. The minimum atomic E-state index is -0.806. The normalized spacial score (nSPS) is 13.9. The van der Waals surface area contributed by atoms with E-state index < -0.39 is 18.2 Å². The van der Waals surface area contributed by atoms with Crippen molar-refractivity contribution in [1.29, 1.82) is 0 Å². The Morgan fingerprint density at radius 1 is 0.469 bits per heavy atom. The maximum Gasteiger partial charge on any atom is 0.306 e. The summed E-state index contributed by atoms with van der Waals surface area (Å²) < 4.78 is 5.91. The molecule has 0 aromatic carbocycles. The highest BCUT2D eigenvalue weighted by molar-refractivity contribution is 5.77. The molecule has 0 saturated carbocycles. The molecule has 0 radical (unpaired) electrons. The maximum atomic E-state index is 13.2. The van der Waals surface area contributed by atoms with Crippen LogP contribution in [0.15, 0.2) is 85.1 Å². The number of ether oxygens (including phenoxy) is 1. The number of hydrogen-bond acceptors (Lipinski definition) is 5. The van der Waals surface area contributed by atoms with Crippen molar-refractivity contribution in [3.63, 3.8) is 0 Å². The molecular weight excluding hydrogens is 791 g/mol. The van der Waals surface area contributed by atoms with Gasteiger partial charge in [0.1, 0.15) is 6.10 Å². The average molecular weight is 892 g/mol. The third-order valence-electron chi connectivity index (χ3n) is 11.9. The molecule has 3 N–H and O–H groups in total. The average Bonchev–Trinajstić information content (AvgIpc) is 3.29. The Balaban J connectivity index is 4.58. The predicted octanol–water partition coefficient (Wildman–Crippen LogP) is 16.3. The van der Waals surface area contributed by atoms with Crippen LogP contribution in [-0.2, 0) is 14.3 Å². The van der Waals surface area contributed by atoms with Gasteiger partial charge < -0.3 is 20.3 Å². The van der Waals surface area contributed by atoms with Gasteiger partial charge in [0.05, 0.1) is 25.2 Å². The Morgan fingerprint density at radius 2 is 0.844 bits per heavy atom. The lowest BCUT2D eigenvalue weighted by Gasteiger charge is -2.24. The Labute approximate surface area is 395 Å². The van der Waals surface area contributed by atoms with E-state index in [-0.39, 0.29) is 24.9 Å². The number of esters is 1. The van der Waals surface area contributed by atoms with Crippen molar-refractivity contribution in [2.75, 3.05) is 6.61 Å². The largest absolute Gasteiger partial charge is 0.462 e. The molecule has 0 bridgehead atoms. The van der Waals surface area contributed by atoms with Crippen molar-refractivity contribution in [2.24, 2.45) is 0 Å². The number of hydrogen-bond donors (Lipinski definition) is 3. The Bertz CT molecular complexity index is 1230. The van der Waals surface area contributed by atoms with Crippen LogP contribution in [0.3, 0.4) is 0 Å². The van der Waals surface area contributed by atoms with Gasteiger partial charge in [0.2, 0.25) is 5.91 Å². The van der Waals surface area contributed by atoms with Gasteiger partial charge >= 0.3 is 5.97 Å². The number of carbonyl (C=O) groups is 2. The van der Waals surface area contributed by atoms with Crippen molar-refractivity contribution in [3.8, 4) is 0 Å². The van der Waals surface area contributed by atoms with Gasteiger partial charge in [0.25, 0.3) is 0 Å². The number of aliphatic hydroxyl groups is 2. The van der Waals surface area contributed by atoms with Crippen LogP contribution in [0.2, 0.25) is 0 Å². The first-order valence-electron chi connectivity index (χ1n) is 26.9. The Kier molecular flexibility index (Phi) is 48.7. The van der Waals surface area contributed by atoms with Crippen molar-refractivity contribution in [3.05, 3.63) is 85.1 Å². The number of nitrogens with one attached hydrogen (secondary N) is 1. The molecule has 6 heteroatoms. The second kappa shape index (κ2) is 51.0. The zero-order chi connectivity index (χ0) is 46.7. The van der Waals surface area contributed by atoms with Gasteiger partial charge in [0, 0.05) is 6.42 Å². The van der Waals surface area contributed by atoms with Gasteiger partial charge in [-0.2, -0.15) is 0 Å². The third-order valence-corrected chi connectivity index (χ3v) is 11.9. The molecular formula is C58H101NO5. The number of allylic oxidation sites excluding steroid dienone is 14. The fourth-order valence-corrected chi connectivity index (χ4v) is 7.80. The lowest BCUT2D eigenvalue weighted by atomic mass is 10.0. The van der Waals surface area contributed by atoms with Gasteiger partial charge in [-0.3, -0.25) is 9.59 Å². The minimum Gasteiger partial charge on any atom is -0.462 e. The standard InChI is InChI=1S/C58H101NO5/c1-4-7-10-13-16-19-22-24-26-28-29-31-33-36-39-42-45-48-51-58(63)64-54(49-46-43-40-37-34-21-18-15-12-9-6-3)52-57(62)59-55(53-60)56(61)50-47-44-41-38-35-32-30-27-25-23-20-17-14-11-8-5-2/h9,12,15-16,18-19,21-22,24,26,28-29,31,34,54-56,60-61H,4-8,10-11,13-14,17,20,23,25,27,30,32-33,35-53H2,1-3H3,(H,59,62)/b12-9+,18-15+,19-16+,24-22+,28-26+,31-29+,34-21-. The molecule has 0 spiro atoms. The molecule has 0 aliphatic rings. The van der Waals surface area contributed by atoms with Crippen LogP contribution < -0.4 is 5.32 Å². The van der Waals surface area contributed by atoms with Gasteiger partial charge in [-0.1, -0.05) is 247 Å². The van der Waals surface area contributed by atoms with Crippen LogP contribution in [0, 0.1) is 0 Å². The second-order valence-electron chi connectivity index (χ2n) is 18.0. The quantitative estimate of drug-likeness (QED) is 0.0321. The number of carbonyl (C=O) groups excluding carboxylic acids is 2. The van der Waals surface area contributed by atoms with E-state index in [1.165, 1.54) is 103 Å². The summed E-state index contributed by atoms with van der Waals surface area (Å²) in [6.45, 7) is 6.30. The van der Waals surface area contributed by atoms with E-state index in [1.807, 2.05) is 12.2 Å². The zero-order valence-corrected chi connectivity index (χ0v) is 41.9. The van der Waals surface area contributed by atoms with E-state index in [1.54, 1.807) is 0 Å². The van der Waals surface area contributed by atoms with E-state index >= 15 is 0 Å². The first-order valence-corrected chi connectivity index (χ1v) is 26.9. The van der Waals surface area contributed by atoms with E-state index in [9.17, 15) is 19.8 Å². The van der Waals surface area contributed by atoms with Gasteiger partial charge in [0.15, 0.2) is 0 Å². The molecule has 0 aliphatic heterocycles. The van der Waals surface area contributed by atoms with Gasteiger partial charge in [-0.25, -0.2) is 0 Å². The summed E-state index contributed by atoms with van der Waals surface area (Å²) in [4.78, 5) is 26.2. The number of amides is 1. The summed E-state index contributed by atoms with van der Waals surface area (Å²) in [6, 6.07) is -0.722. The van der Waals surface area contributed by atoms with E-state index in [2.05, 4.69) is 99.0 Å². The molecule has 0 aromatic heterocycles. The zero-order valence-electron chi connectivity index (χ0n) is 41.9. The van der Waals surface area contributed by atoms with Crippen LogP contribution >= 0.6 is 0 Å². The molecule has 3 atom stereocenters. The van der Waals surface area contributed by atoms with Crippen LogP contribution in [0.25, 0.3) is 0 Å². The van der Waals surface area contributed by atoms with Crippen LogP contribution in [0.4, 0.5) is 0 Å². The highest BCUT2D eigenvalue weighted by atomic mass is 16.5. The van der Waals surface area contributed by atoms with Gasteiger partial charge in [-0.15, -0.1) is 0 Å². The van der Waals surface area contributed by atoms with Crippen molar-refractivity contribution >= 4 is 11.9 Å². The fraction of sp³-hybridized carbons (Fsp3) is 0.724. The van der Waals surface area contributed by atoms with Crippen molar-refractivity contribution in [1.82, 2.24) is 5.32 Å². The number of aliphatic hydroxyl groups excluding tert-OH is 2. The van der Waals surface area contributed by atoms with Crippen LogP contribution in [0.1, 0.15) is 245 Å². The molecule has 3 unspecified atom stereocenters. The molecule has 0 saturated heterocycles.